The van der Waals surface area contributed by atoms with E-state index in [2.05, 4.69) is 41.2 Å². The molecular weight excluding hydrogens is 278 g/mol. The van der Waals surface area contributed by atoms with E-state index in [9.17, 15) is 0 Å². The highest BCUT2D eigenvalue weighted by molar-refractivity contribution is 9.10. The van der Waals surface area contributed by atoms with E-state index in [1.807, 2.05) is 19.2 Å². The van der Waals surface area contributed by atoms with E-state index in [-0.39, 0.29) is 0 Å². The minimum absolute atomic E-state index is 0.630. The Morgan fingerprint density at radius 1 is 1.35 bits per heavy atom. The van der Waals surface area contributed by atoms with Gasteiger partial charge in [0.25, 0.3) is 0 Å². The zero-order chi connectivity index (χ0) is 12.4. The van der Waals surface area contributed by atoms with E-state index >= 15 is 0 Å². The number of fused-ring (bicyclic) bond motifs is 1. The summed E-state index contributed by atoms with van der Waals surface area (Å²) in [5.74, 6) is 1.69. The molecule has 92 valence electrons. The second-order valence-electron chi connectivity index (χ2n) is 4.77. The SMILES string of the molecule is CNCc1oc2ccc(Br)cc2c1CC(C)C. The Kier molecular flexibility index (Phi) is 3.89. The molecule has 0 saturated heterocycles. The molecule has 1 aromatic heterocycles. The van der Waals surface area contributed by atoms with E-state index in [0.29, 0.717) is 5.92 Å². The summed E-state index contributed by atoms with van der Waals surface area (Å²) in [5.41, 5.74) is 2.32. The van der Waals surface area contributed by atoms with Gasteiger partial charge in [-0.1, -0.05) is 29.8 Å². The van der Waals surface area contributed by atoms with Crippen LogP contribution in [0.1, 0.15) is 25.2 Å². The van der Waals surface area contributed by atoms with Gasteiger partial charge in [0.15, 0.2) is 0 Å². The summed E-state index contributed by atoms with van der Waals surface area (Å²) < 4.78 is 7.02. The minimum atomic E-state index is 0.630. The van der Waals surface area contributed by atoms with Gasteiger partial charge in [-0.2, -0.15) is 0 Å². The molecular formula is C14H18BrNO. The number of furan rings is 1. The fourth-order valence-corrected chi connectivity index (χ4v) is 2.47. The molecule has 0 atom stereocenters. The van der Waals surface area contributed by atoms with E-state index in [1.54, 1.807) is 0 Å². The Morgan fingerprint density at radius 3 is 2.76 bits per heavy atom. The van der Waals surface area contributed by atoms with Crippen LogP contribution in [0.25, 0.3) is 11.0 Å². The maximum atomic E-state index is 5.91. The van der Waals surface area contributed by atoms with E-state index in [1.165, 1.54) is 10.9 Å². The fourth-order valence-electron chi connectivity index (χ4n) is 2.11. The van der Waals surface area contributed by atoms with Crippen molar-refractivity contribution < 1.29 is 4.42 Å². The van der Waals surface area contributed by atoms with Crippen molar-refractivity contribution in [1.29, 1.82) is 0 Å². The van der Waals surface area contributed by atoms with Gasteiger partial charge in [0, 0.05) is 15.4 Å². The van der Waals surface area contributed by atoms with Crippen LogP contribution in [-0.4, -0.2) is 7.05 Å². The van der Waals surface area contributed by atoms with E-state index in [4.69, 9.17) is 4.42 Å². The van der Waals surface area contributed by atoms with Crippen LogP contribution in [0.15, 0.2) is 27.1 Å². The van der Waals surface area contributed by atoms with E-state index in [0.717, 1.165) is 28.8 Å². The third kappa shape index (κ3) is 2.72. The maximum absolute atomic E-state index is 5.91. The van der Waals surface area contributed by atoms with Crippen LogP contribution in [0.4, 0.5) is 0 Å². The van der Waals surface area contributed by atoms with E-state index < -0.39 is 0 Å². The Labute approximate surface area is 111 Å². The lowest BCUT2D eigenvalue weighted by atomic mass is 10.00. The lowest BCUT2D eigenvalue weighted by molar-refractivity contribution is 0.516. The highest BCUT2D eigenvalue weighted by Gasteiger charge is 2.14. The van der Waals surface area contributed by atoms with Gasteiger partial charge in [0.1, 0.15) is 11.3 Å². The molecule has 0 saturated carbocycles. The van der Waals surface area contributed by atoms with Crippen LogP contribution in [0.3, 0.4) is 0 Å². The number of hydrogen-bond acceptors (Lipinski definition) is 2. The molecule has 1 aromatic carbocycles. The molecule has 1 N–H and O–H groups in total. The third-order valence-electron chi connectivity index (χ3n) is 2.79. The van der Waals surface area contributed by atoms with Gasteiger partial charge in [-0.05, 0) is 37.6 Å². The van der Waals surface area contributed by atoms with Crippen molar-refractivity contribution >= 4 is 26.9 Å². The van der Waals surface area contributed by atoms with Crippen molar-refractivity contribution in [1.82, 2.24) is 5.32 Å². The smallest absolute Gasteiger partial charge is 0.134 e. The summed E-state index contributed by atoms with van der Waals surface area (Å²) in [4.78, 5) is 0. The molecule has 0 bridgehead atoms. The molecule has 0 aliphatic heterocycles. The predicted octanol–water partition coefficient (Wildman–Crippen LogP) is 4.11. The first-order chi connectivity index (χ1) is 8.11. The van der Waals surface area contributed by atoms with Crippen molar-refractivity contribution in [3.05, 3.63) is 34.0 Å². The van der Waals surface area contributed by atoms with Gasteiger partial charge < -0.3 is 9.73 Å². The van der Waals surface area contributed by atoms with Gasteiger partial charge in [-0.3, -0.25) is 0 Å². The summed E-state index contributed by atoms with van der Waals surface area (Å²) in [6, 6.07) is 6.20. The molecule has 0 spiro atoms. The quantitative estimate of drug-likeness (QED) is 0.918. The first kappa shape index (κ1) is 12.7. The molecule has 0 fully saturated rings. The molecule has 3 heteroatoms. The molecule has 2 rings (SSSR count). The van der Waals surface area contributed by atoms with Crippen LogP contribution < -0.4 is 5.32 Å². The van der Waals surface area contributed by atoms with Crippen LogP contribution in [0.2, 0.25) is 0 Å². The lowest BCUT2D eigenvalue weighted by Gasteiger charge is -2.05. The number of rotatable bonds is 4. The molecule has 1 heterocycles. The van der Waals surface area contributed by atoms with Crippen molar-refractivity contribution in [2.45, 2.75) is 26.8 Å². The monoisotopic (exact) mass is 295 g/mol. The normalized spacial score (nSPS) is 11.6. The van der Waals surface area contributed by atoms with Crippen molar-refractivity contribution in [2.24, 2.45) is 5.92 Å². The van der Waals surface area contributed by atoms with Crippen LogP contribution in [-0.2, 0) is 13.0 Å². The highest BCUT2D eigenvalue weighted by atomic mass is 79.9. The van der Waals surface area contributed by atoms with Gasteiger partial charge in [0.2, 0.25) is 0 Å². The lowest BCUT2D eigenvalue weighted by Crippen LogP contribution is -2.07. The first-order valence-electron chi connectivity index (χ1n) is 5.96. The summed E-state index contributed by atoms with van der Waals surface area (Å²) in [7, 11) is 1.95. The van der Waals surface area contributed by atoms with Crippen molar-refractivity contribution in [3.8, 4) is 0 Å². The Balaban J connectivity index is 2.55. The molecule has 0 radical (unpaired) electrons. The maximum Gasteiger partial charge on any atom is 0.134 e. The second kappa shape index (κ2) is 5.23. The number of benzene rings is 1. The number of halogens is 1. The predicted molar refractivity (Wildman–Crippen MR) is 75.2 cm³/mol. The van der Waals surface area contributed by atoms with Crippen molar-refractivity contribution in [3.63, 3.8) is 0 Å². The Hall–Kier alpha value is -0.800. The molecule has 2 aromatic rings. The minimum Gasteiger partial charge on any atom is -0.459 e. The van der Waals surface area contributed by atoms with Crippen LogP contribution in [0.5, 0.6) is 0 Å². The number of nitrogens with one attached hydrogen (secondary N) is 1. The largest absolute Gasteiger partial charge is 0.459 e. The Morgan fingerprint density at radius 2 is 2.12 bits per heavy atom. The Bertz CT molecular complexity index is 516. The van der Waals surface area contributed by atoms with Gasteiger partial charge in [-0.15, -0.1) is 0 Å². The molecule has 0 unspecified atom stereocenters. The van der Waals surface area contributed by atoms with Gasteiger partial charge in [-0.25, -0.2) is 0 Å². The molecule has 0 aliphatic rings. The molecule has 0 amide bonds. The van der Waals surface area contributed by atoms with Gasteiger partial charge >= 0.3 is 0 Å². The zero-order valence-corrected chi connectivity index (χ0v) is 12.1. The first-order valence-corrected chi connectivity index (χ1v) is 6.75. The average Bonchev–Trinajstić information content (AvgIpc) is 2.57. The zero-order valence-electron chi connectivity index (χ0n) is 10.5. The second-order valence-corrected chi connectivity index (χ2v) is 5.69. The summed E-state index contributed by atoms with van der Waals surface area (Å²) in [5, 5.41) is 4.40. The third-order valence-corrected chi connectivity index (χ3v) is 3.28. The summed E-state index contributed by atoms with van der Waals surface area (Å²) >= 11 is 3.52. The highest BCUT2D eigenvalue weighted by Crippen LogP contribution is 2.30. The molecule has 17 heavy (non-hydrogen) atoms. The summed E-state index contributed by atoms with van der Waals surface area (Å²) in [6.45, 7) is 5.26. The van der Waals surface area contributed by atoms with Crippen LogP contribution >= 0.6 is 15.9 Å². The topological polar surface area (TPSA) is 25.2 Å². The van der Waals surface area contributed by atoms with Crippen LogP contribution in [0, 0.1) is 5.92 Å². The standard InChI is InChI=1S/C14H18BrNO/c1-9(2)6-11-12-7-10(15)4-5-13(12)17-14(11)8-16-3/h4-5,7,9,16H,6,8H2,1-3H3. The van der Waals surface area contributed by atoms with Crippen molar-refractivity contribution in [2.75, 3.05) is 7.05 Å². The summed E-state index contributed by atoms with van der Waals surface area (Å²) in [6.07, 6.45) is 1.06. The molecule has 0 aliphatic carbocycles. The van der Waals surface area contributed by atoms with Gasteiger partial charge in [0.05, 0.1) is 6.54 Å². The number of hydrogen-bond donors (Lipinski definition) is 1. The fraction of sp³-hybridized carbons (Fsp3) is 0.429. The average molecular weight is 296 g/mol. The molecule has 2 nitrogen and oxygen atoms in total.